The number of hydrogen-bond acceptors (Lipinski definition) is 6. The highest BCUT2D eigenvalue weighted by molar-refractivity contribution is 8.00. The second kappa shape index (κ2) is 9.21. The molecule has 4 rings (SSSR count). The molecule has 2 aromatic heterocycles. The molecule has 1 N–H and O–H groups in total. The van der Waals surface area contributed by atoms with Crippen molar-refractivity contribution in [3.63, 3.8) is 0 Å². The molecule has 0 aliphatic heterocycles. The molecule has 0 bridgehead atoms. The van der Waals surface area contributed by atoms with Crippen LogP contribution in [0.1, 0.15) is 42.7 Å². The molecule has 31 heavy (non-hydrogen) atoms. The Morgan fingerprint density at radius 1 is 1.32 bits per heavy atom. The fourth-order valence-corrected chi connectivity index (χ4v) is 5.23. The summed E-state index contributed by atoms with van der Waals surface area (Å²) in [5.74, 6) is 0.471. The van der Waals surface area contributed by atoms with Gasteiger partial charge < -0.3 is 5.32 Å². The van der Waals surface area contributed by atoms with Gasteiger partial charge in [0, 0.05) is 16.6 Å². The minimum Gasteiger partial charge on any atom is -0.301 e. The van der Waals surface area contributed by atoms with Gasteiger partial charge in [-0.1, -0.05) is 48.5 Å². The molecule has 5 nitrogen and oxygen atoms in total. The summed E-state index contributed by atoms with van der Waals surface area (Å²) in [5, 5.41) is 15.2. The number of carbonyl (C=O) groups excluding carboxylic acids is 1. The van der Waals surface area contributed by atoms with Crippen molar-refractivity contribution >= 4 is 34.1 Å². The number of hydrogen-bond donors (Lipinski definition) is 1. The molecule has 7 heteroatoms. The largest absolute Gasteiger partial charge is 0.301 e. The van der Waals surface area contributed by atoms with E-state index in [0.29, 0.717) is 21.6 Å². The molecule has 1 aromatic carbocycles. The Kier molecular flexibility index (Phi) is 6.40. The quantitative estimate of drug-likeness (QED) is 0.512. The number of thioether (sulfide) groups is 1. The van der Waals surface area contributed by atoms with Gasteiger partial charge in [-0.05, 0) is 50.7 Å². The van der Waals surface area contributed by atoms with E-state index in [0.717, 1.165) is 36.2 Å². The van der Waals surface area contributed by atoms with Gasteiger partial charge in [-0.25, -0.2) is 9.97 Å². The first-order valence-corrected chi connectivity index (χ1v) is 12.1. The predicted octanol–water partition coefficient (Wildman–Crippen LogP) is 5.63. The number of aryl methyl sites for hydroxylation is 2. The lowest BCUT2D eigenvalue weighted by molar-refractivity contribution is -0.115. The van der Waals surface area contributed by atoms with E-state index in [9.17, 15) is 10.1 Å². The second-order valence-electron chi connectivity index (χ2n) is 8.06. The smallest absolute Gasteiger partial charge is 0.239 e. The molecule has 0 radical (unpaired) electrons. The number of aromatic nitrogens is 2. The van der Waals surface area contributed by atoms with Crippen LogP contribution in [-0.2, 0) is 17.6 Å². The van der Waals surface area contributed by atoms with E-state index in [1.54, 1.807) is 0 Å². The fraction of sp³-hybridized carbons (Fsp3) is 0.333. The first-order valence-electron chi connectivity index (χ1n) is 10.4. The van der Waals surface area contributed by atoms with E-state index in [4.69, 9.17) is 4.98 Å². The van der Waals surface area contributed by atoms with E-state index in [2.05, 4.69) is 23.3 Å². The maximum absolute atomic E-state index is 12.8. The number of rotatable bonds is 5. The highest BCUT2D eigenvalue weighted by atomic mass is 32.2. The Balaban J connectivity index is 1.45. The van der Waals surface area contributed by atoms with Crippen LogP contribution in [0.15, 0.2) is 40.7 Å². The Morgan fingerprint density at radius 3 is 2.84 bits per heavy atom. The van der Waals surface area contributed by atoms with Gasteiger partial charge in [0.05, 0.1) is 16.5 Å². The summed E-state index contributed by atoms with van der Waals surface area (Å²) in [6, 6.07) is 12.4. The summed E-state index contributed by atoms with van der Waals surface area (Å²) in [6.45, 7) is 6.11. The molecule has 2 unspecified atom stereocenters. The summed E-state index contributed by atoms with van der Waals surface area (Å²) in [7, 11) is 0. The lowest BCUT2D eigenvalue weighted by Crippen LogP contribution is -2.23. The summed E-state index contributed by atoms with van der Waals surface area (Å²) >= 11 is 2.74. The zero-order valence-electron chi connectivity index (χ0n) is 17.8. The minimum atomic E-state index is -0.396. The molecule has 2 atom stereocenters. The molecule has 2 heterocycles. The summed E-state index contributed by atoms with van der Waals surface area (Å²) < 4.78 is 0. The number of nitriles is 1. The number of benzene rings is 1. The number of amides is 1. The molecule has 1 amide bonds. The molecular weight excluding hydrogens is 424 g/mol. The van der Waals surface area contributed by atoms with Gasteiger partial charge >= 0.3 is 0 Å². The van der Waals surface area contributed by atoms with E-state index < -0.39 is 5.25 Å². The van der Waals surface area contributed by atoms with Crippen LogP contribution in [0.2, 0.25) is 0 Å². The van der Waals surface area contributed by atoms with Gasteiger partial charge in [-0.3, -0.25) is 4.79 Å². The minimum absolute atomic E-state index is 0.146. The molecule has 3 aromatic rings. The van der Waals surface area contributed by atoms with E-state index in [-0.39, 0.29) is 5.91 Å². The van der Waals surface area contributed by atoms with Gasteiger partial charge in [0.1, 0.15) is 11.1 Å². The topological polar surface area (TPSA) is 78.7 Å². The third-order valence-electron chi connectivity index (χ3n) is 5.46. The lowest BCUT2D eigenvalue weighted by Gasteiger charge is -2.22. The van der Waals surface area contributed by atoms with Crippen molar-refractivity contribution < 1.29 is 4.79 Å². The van der Waals surface area contributed by atoms with Crippen molar-refractivity contribution in [1.29, 1.82) is 5.26 Å². The molecule has 1 aliphatic carbocycles. The van der Waals surface area contributed by atoms with Gasteiger partial charge in [-0.15, -0.1) is 11.3 Å². The molecule has 0 saturated carbocycles. The average molecular weight is 449 g/mol. The molecule has 0 saturated heterocycles. The van der Waals surface area contributed by atoms with Crippen LogP contribution in [0.5, 0.6) is 0 Å². The summed E-state index contributed by atoms with van der Waals surface area (Å²) in [6.07, 6.45) is 3.00. The van der Waals surface area contributed by atoms with Gasteiger partial charge in [0.25, 0.3) is 0 Å². The van der Waals surface area contributed by atoms with Crippen molar-refractivity contribution in [1.82, 2.24) is 9.97 Å². The highest BCUT2D eigenvalue weighted by Gasteiger charge is 2.23. The van der Waals surface area contributed by atoms with Crippen molar-refractivity contribution in [3.8, 4) is 17.3 Å². The number of nitrogens with one attached hydrogen (secondary N) is 1. The van der Waals surface area contributed by atoms with Gasteiger partial charge in [0.2, 0.25) is 5.91 Å². The standard InChI is InChI=1S/C24H24N4OS2/c1-14-4-7-17(8-5-14)21-13-30-24(27-21)28-22(29)16(3)31-23-19(12-25)11-18-10-15(2)6-9-20(18)26-23/h4-5,7-8,11,13,15-16H,6,9-10H2,1-3H3,(H,27,28,29). The SMILES string of the molecule is Cc1ccc(-c2csc(NC(=O)C(C)Sc3nc4c(cc3C#N)CC(C)CC4)n2)cc1. The number of fused-ring (bicyclic) bond motifs is 1. The maximum Gasteiger partial charge on any atom is 0.239 e. The Hall–Kier alpha value is -2.69. The van der Waals surface area contributed by atoms with Gasteiger partial charge in [0.15, 0.2) is 5.13 Å². The molecule has 1 aliphatic rings. The van der Waals surface area contributed by atoms with Crippen molar-refractivity contribution in [3.05, 3.63) is 58.1 Å². The monoisotopic (exact) mass is 448 g/mol. The number of pyridine rings is 1. The third-order valence-corrected chi connectivity index (χ3v) is 7.32. The van der Waals surface area contributed by atoms with Crippen LogP contribution in [-0.4, -0.2) is 21.1 Å². The molecule has 0 spiro atoms. The van der Waals surface area contributed by atoms with Crippen LogP contribution >= 0.6 is 23.1 Å². The number of carbonyl (C=O) groups is 1. The fourth-order valence-electron chi connectivity index (χ4n) is 3.61. The van der Waals surface area contributed by atoms with Crippen LogP contribution in [0, 0.1) is 24.2 Å². The molecule has 0 fully saturated rings. The maximum atomic E-state index is 12.8. The number of anilines is 1. The van der Waals surface area contributed by atoms with Crippen molar-refractivity contribution in [2.75, 3.05) is 5.32 Å². The third kappa shape index (κ3) is 4.97. The van der Waals surface area contributed by atoms with Crippen molar-refractivity contribution in [2.45, 2.75) is 50.3 Å². The average Bonchev–Trinajstić information content (AvgIpc) is 3.22. The zero-order chi connectivity index (χ0) is 22.0. The first-order chi connectivity index (χ1) is 14.9. The normalized spacial score (nSPS) is 16.3. The zero-order valence-corrected chi connectivity index (χ0v) is 19.4. The summed E-state index contributed by atoms with van der Waals surface area (Å²) in [4.78, 5) is 22.1. The van der Waals surface area contributed by atoms with E-state index in [1.165, 1.54) is 34.2 Å². The second-order valence-corrected chi connectivity index (χ2v) is 10.2. The number of nitrogens with zero attached hydrogens (tertiary/aromatic N) is 3. The Bertz CT molecular complexity index is 1150. The Morgan fingerprint density at radius 2 is 2.10 bits per heavy atom. The number of thiazole rings is 1. The van der Waals surface area contributed by atoms with Crippen LogP contribution in [0.4, 0.5) is 5.13 Å². The van der Waals surface area contributed by atoms with Crippen LogP contribution < -0.4 is 5.32 Å². The summed E-state index contributed by atoms with van der Waals surface area (Å²) in [5.41, 5.74) is 5.85. The molecular formula is C24H24N4OS2. The Labute approximate surface area is 190 Å². The van der Waals surface area contributed by atoms with Crippen LogP contribution in [0.3, 0.4) is 0 Å². The van der Waals surface area contributed by atoms with Gasteiger partial charge in [-0.2, -0.15) is 5.26 Å². The van der Waals surface area contributed by atoms with E-state index in [1.807, 2.05) is 49.6 Å². The highest BCUT2D eigenvalue weighted by Crippen LogP contribution is 2.32. The lowest BCUT2D eigenvalue weighted by atomic mass is 9.87. The first kappa shape index (κ1) is 21.5. The predicted molar refractivity (Wildman–Crippen MR) is 126 cm³/mol. The van der Waals surface area contributed by atoms with Crippen molar-refractivity contribution in [2.24, 2.45) is 5.92 Å². The van der Waals surface area contributed by atoms with E-state index >= 15 is 0 Å². The van der Waals surface area contributed by atoms with Crippen LogP contribution in [0.25, 0.3) is 11.3 Å². The molecule has 158 valence electrons.